The summed E-state index contributed by atoms with van der Waals surface area (Å²) in [5.74, 6) is -0.463. The second-order valence-electron chi connectivity index (χ2n) is 5.48. The molecule has 0 aliphatic rings. The van der Waals surface area contributed by atoms with E-state index in [0.29, 0.717) is 22.6 Å². The van der Waals surface area contributed by atoms with Crippen LogP contribution in [0.25, 0.3) is 11.3 Å². The predicted molar refractivity (Wildman–Crippen MR) is 95.1 cm³/mol. The van der Waals surface area contributed by atoms with E-state index in [4.69, 9.17) is 9.52 Å². The van der Waals surface area contributed by atoms with Gasteiger partial charge in [-0.05, 0) is 43.3 Å². The molecule has 0 spiro atoms. The topological polar surface area (TPSA) is 105 Å². The lowest BCUT2D eigenvalue weighted by atomic mass is 10.1. The molecule has 2 aromatic heterocycles. The third-order valence-corrected chi connectivity index (χ3v) is 3.55. The van der Waals surface area contributed by atoms with Crippen molar-refractivity contribution in [3.63, 3.8) is 0 Å². The summed E-state index contributed by atoms with van der Waals surface area (Å²) in [6, 6.07) is 13.2. The summed E-state index contributed by atoms with van der Waals surface area (Å²) >= 11 is 0. The minimum absolute atomic E-state index is 0.174. The first-order valence-electron chi connectivity index (χ1n) is 7.72. The third-order valence-electron chi connectivity index (χ3n) is 3.55. The first-order chi connectivity index (χ1) is 12.5. The Morgan fingerprint density at radius 1 is 1.15 bits per heavy atom. The maximum atomic E-state index is 11.9. The first kappa shape index (κ1) is 17.1. The van der Waals surface area contributed by atoms with Gasteiger partial charge in [0.2, 0.25) is 0 Å². The van der Waals surface area contributed by atoms with E-state index in [2.05, 4.69) is 15.5 Å². The highest BCUT2D eigenvalue weighted by Gasteiger charge is 2.08. The lowest BCUT2D eigenvalue weighted by Crippen LogP contribution is -2.17. The zero-order chi connectivity index (χ0) is 18.5. The zero-order valence-electron chi connectivity index (χ0n) is 13.8. The van der Waals surface area contributed by atoms with Gasteiger partial charge in [0.15, 0.2) is 0 Å². The molecule has 0 unspecified atom stereocenters. The van der Waals surface area contributed by atoms with E-state index in [9.17, 15) is 9.59 Å². The highest BCUT2D eigenvalue weighted by Crippen LogP contribution is 2.22. The number of aryl methyl sites for hydroxylation is 1. The largest absolute Gasteiger partial charge is 0.478 e. The Balaban J connectivity index is 1.67. The molecule has 0 bridgehead atoms. The van der Waals surface area contributed by atoms with Crippen molar-refractivity contribution in [2.45, 2.75) is 6.92 Å². The van der Waals surface area contributed by atoms with Crippen LogP contribution < -0.4 is 5.43 Å². The van der Waals surface area contributed by atoms with Gasteiger partial charge in [-0.1, -0.05) is 12.1 Å². The number of carboxylic acids is 1. The van der Waals surface area contributed by atoms with Crippen molar-refractivity contribution >= 4 is 18.1 Å². The molecule has 0 atom stereocenters. The van der Waals surface area contributed by atoms with E-state index in [0.717, 1.165) is 5.69 Å². The van der Waals surface area contributed by atoms with Crippen LogP contribution in [0.4, 0.5) is 0 Å². The van der Waals surface area contributed by atoms with E-state index < -0.39 is 5.97 Å². The van der Waals surface area contributed by atoms with Gasteiger partial charge in [-0.15, -0.1) is 0 Å². The van der Waals surface area contributed by atoms with Gasteiger partial charge >= 0.3 is 5.97 Å². The summed E-state index contributed by atoms with van der Waals surface area (Å²) < 4.78 is 5.60. The number of rotatable bonds is 5. The monoisotopic (exact) mass is 349 g/mol. The molecule has 3 rings (SSSR count). The Hall–Kier alpha value is -3.74. The van der Waals surface area contributed by atoms with Crippen molar-refractivity contribution in [1.29, 1.82) is 0 Å². The summed E-state index contributed by atoms with van der Waals surface area (Å²) in [6.45, 7) is 1.83. The van der Waals surface area contributed by atoms with Gasteiger partial charge in [-0.3, -0.25) is 9.78 Å². The summed E-state index contributed by atoms with van der Waals surface area (Å²) in [5, 5.41) is 12.9. The van der Waals surface area contributed by atoms with Crippen molar-refractivity contribution in [2.24, 2.45) is 5.10 Å². The minimum Gasteiger partial charge on any atom is -0.478 e. The molecule has 7 nitrogen and oxygen atoms in total. The fourth-order valence-electron chi connectivity index (χ4n) is 2.20. The molecule has 0 aliphatic heterocycles. The Bertz CT molecular complexity index is 974. The van der Waals surface area contributed by atoms with Crippen molar-refractivity contribution in [2.75, 3.05) is 0 Å². The highest BCUT2D eigenvalue weighted by atomic mass is 16.4. The van der Waals surface area contributed by atoms with Gasteiger partial charge in [0, 0.05) is 17.5 Å². The zero-order valence-corrected chi connectivity index (χ0v) is 13.8. The third kappa shape index (κ3) is 4.02. The number of nitrogens with zero attached hydrogens (tertiary/aromatic N) is 2. The number of aromatic nitrogens is 1. The molecule has 26 heavy (non-hydrogen) atoms. The number of carbonyl (C=O) groups excluding carboxylic acids is 1. The van der Waals surface area contributed by atoms with Crippen LogP contribution in [0.2, 0.25) is 0 Å². The fourth-order valence-corrected chi connectivity index (χ4v) is 2.20. The molecule has 0 saturated heterocycles. The number of hydrogen-bond donors (Lipinski definition) is 2. The van der Waals surface area contributed by atoms with Crippen molar-refractivity contribution in [1.82, 2.24) is 10.4 Å². The quantitative estimate of drug-likeness (QED) is 0.544. The number of amides is 1. The van der Waals surface area contributed by atoms with Crippen LogP contribution in [0.5, 0.6) is 0 Å². The van der Waals surface area contributed by atoms with Gasteiger partial charge in [-0.2, -0.15) is 5.10 Å². The van der Waals surface area contributed by atoms with E-state index in [1.165, 1.54) is 24.5 Å². The number of carbonyl (C=O) groups is 2. The second kappa shape index (κ2) is 7.43. The number of nitrogens with one attached hydrogen (secondary N) is 1. The second-order valence-corrected chi connectivity index (χ2v) is 5.48. The molecule has 0 aliphatic carbocycles. The number of pyridine rings is 1. The molecule has 0 saturated carbocycles. The Kier molecular flexibility index (Phi) is 4.89. The van der Waals surface area contributed by atoms with Gasteiger partial charge in [0.1, 0.15) is 11.5 Å². The Labute approximate surface area is 149 Å². The first-order valence-corrected chi connectivity index (χ1v) is 7.72. The average Bonchev–Trinajstić information content (AvgIpc) is 3.11. The number of furan rings is 1. The van der Waals surface area contributed by atoms with Crippen LogP contribution in [0.1, 0.15) is 32.2 Å². The van der Waals surface area contributed by atoms with Gasteiger partial charge < -0.3 is 9.52 Å². The van der Waals surface area contributed by atoms with E-state index in [-0.39, 0.29) is 11.5 Å². The lowest BCUT2D eigenvalue weighted by Gasteiger charge is -1.99. The van der Waals surface area contributed by atoms with Crippen LogP contribution in [0.15, 0.2) is 64.2 Å². The highest BCUT2D eigenvalue weighted by molar-refractivity contribution is 5.94. The van der Waals surface area contributed by atoms with Crippen molar-refractivity contribution in [3.8, 4) is 11.3 Å². The fraction of sp³-hybridized carbons (Fsp3) is 0.0526. The van der Waals surface area contributed by atoms with Gasteiger partial charge in [0.05, 0.1) is 17.3 Å². The lowest BCUT2D eigenvalue weighted by molar-refractivity contribution is 0.0696. The SMILES string of the molecule is Cc1ccc(C(=O)N/N=C/c2ccc(-c3cccc(C(=O)O)c3)o2)cn1. The molecular formula is C19H15N3O4. The number of hydrazone groups is 1. The molecule has 2 heterocycles. The molecule has 7 heteroatoms. The van der Waals surface area contributed by atoms with E-state index in [1.807, 2.05) is 6.92 Å². The van der Waals surface area contributed by atoms with Crippen LogP contribution in [-0.4, -0.2) is 28.2 Å². The van der Waals surface area contributed by atoms with Gasteiger partial charge in [-0.25, -0.2) is 10.2 Å². The van der Waals surface area contributed by atoms with Crippen molar-refractivity contribution < 1.29 is 19.1 Å². The summed E-state index contributed by atoms with van der Waals surface area (Å²) in [7, 11) is 0. The number of benzene rings is 1. The molecular weight excluding hydrogens is 334 g/mol. The van der Waals surface area contributed by atoms with Crippen LogP contribution in [0, 0.1) is 6.92 Å². The normalized spacial score (nSPS) is 10.8. The summed E-state index contributed by atoms with van der Waals surface area (Å²) in [5.41, 5.74) is 4.43. The number of hydrogen-bond acceptors (Lipinski definition) is 5. The predicted octanol–water partition coefficient (Wildman–Crippen LogP) is 3.11. The molecule has 2 N–H and O–H groups in total. The maximum absolute atomic E-state index is 11.9. The van der Waals surface area contributed by atoms with Crippen LogP contribution in [-0.2, 0) is 0 Å². The van der Waals surface area contributed by atoms with Crippen molar-refractivity contribution in [3.05, 3.63) is 77.3 Å². The van der Waals surface area contributed by atoms with Crippen LogP contribution in [0.3, 0.4) is 0 Å². The van der Waals surface area contributed by atoms with Gasteiger partial charge in [0.25, 0.3) is 5.91 Å². The smallest absolute Gasteiger partial charge is 0.335 e. The average molecular weight is 349 g/mol. The van der Waals surface area contributed by atoms with E-state index >= 15 is 0 Å². The summed E-state index contributed by atoms with van der Waals surface area (Å²) in [4.78, 5) is 27.0. The molecule has 130 valence electrons. The molecule has 1 aromatic carbocycles. The Morgan fingerprint density at radius 2 is 2.00 bits per heavy atom. The summed E-state index contributed by atoms with van der Waals surface area (Å²) in [6.07, 6.45) is 2.84. The molecule has 3 aromatic rings. The minimum atomic E-state index is -1.01. The van der Waals surface area contributed by atoms with E-state index in [1.54, 1.807) is 36.4 Å². The molecule has 0 fully saturated rings. The Morgan fingerprint density at radius 3 is 2.73 bits per heavy atom. The molecule has 0 radical (unpaired) electrons. The maximum Gasteiger partial charge on any atom is 0.335 e. The van der Waals surface area contributed by atoms with Crippen LogP contribution >= 0.6 is 0 Å². The standard InChI is InChI=1S/C19H15N3O4/c1-12-5-6-15(10-20-12)18(23)22-21-11-16-7-8-17(26-16)13-3-2-4-14(9-13)19(24)25/h2-11H,1H3,(H,22,23)(H,24,25)/b21-11+. The number of carboxylic acid groups (broad SMARTS) is 1. The molecule has 1 amide bonds. The number of aromatic carboxylic acids is 1.